The van der Waals surface area contributed by atoms with E-state index in [1.54, 1.807) is 0 Å². The van der Waals surface area contributed by atoms with Crippen molar-refractivity contribution in [3.8, 4) is 0 Å². The zero-order valence-corrected chi connectivity index (χ0v) is 2.86. The SMILES string of the molecule is N=C=N.[N-]=C=O. The molecule has 0 saturated carbocycles. The van der Waals surface area contributed by atoms with Crippen LogP contribution in [0.25, 0.3) is 5.41 Å². The molecule has 4 heteroatoms. The molecule has 0 rings (SSSR count). The maximum Gasteiger partial charge on any atom is 0.0831 e. The minimum Gasteiger partial charge on any atom is -0.724 e. The van der Waals surface area contributed by atoms with E-state index in [4.69, 9.17) is 21.0 Å². The number of carbonyl (C=O) groups excluding carboxylic acids is 1. The van der Waals surface area contributed by atoms with Gasteiger partial charge in [-0.2, -0.15) is 0 Å². The average molecular weight is 84.1 g/mol. The molecule has 0 radical (unpaired) electrons. The highest BCUT2D eigenvalue weighted by molar-refractivity contribution is 5.36. The molecule has 0 saturated heterocycles. The van der Waals surface area contributed by atoms with E-state index in [1.807, 2.05) is 0 Å². The van der Waals surface area contributed by atoms with Crippen LogP contribution in [0.5, 0.6) is 0 Å². The molecule has 0 aliphatic heterocycles. The predicted octanol–water partition coefficient (Wildman–Crippen LogP) is 0.209. The van der Waals surface area contributed by atoms with Crippen molar-refractivity contribution in [3.05, 3.63) is 5.41 Å². The topological polar surface area (TPSA) is 87.1 Å². The third-order valence-electron chi connectivity index (χ3n) is 0. The third-order valence-corrected chi connectivity index (χ3v) is 0. The van der Waals surface area contributed by atoms with Crippen molar-refractivity contribution in [1.82, 2.24) is 0 Å². The Bertz CT molecular complexity index is 62.8. The fourth-order valence-corrected chi connectivity index (χ4v) is 0. The fraction of sp³-hybridized carbons (Fsp3) is 0. The standard InChI is InChI=1S/CH2N2.CNO/c2*2-1-3/h2-3H;/q;-1. The Morgan fingerprint density at radius 1 is 1.50 bits per heavy atom. The summed E-state index contributed by atoms with van der Waals surface area (Å²) >= 11 is 0. The van der Waals surface area contributed by atoms with Gasteiger partial charge in [-0.25, -0.2) is 10.8 Å². The molecule has 0 aliphatic carbocycles. The first kappa shape index (κ1) is 8.83. The number of hydrogen-bond acceptors (Lipinski definition) is 3. The largest absolute Gasteiger partial charge is 0.724 e. The van der Waals surface area contributed by atoms with Crippen LogP contribution >= 0.6 is 0 Å². The molecule has 0 amide bonds. The molecule has 32 valence electrons. The summed E-state index contributed by atoms with van der Waals surface area (Å²) in [5.74, 6) is 0. The second-order valence-corrected chi connectivity index (χ2v) is 0.216. The van der Waals surface area contributed by atoms with Crippen molar-refractivity contribution < 1.29 is 4.79 Å². The molecular weight excluding hydrogens is 82.0 g/mol. The first-order chi connectivity index (χ1) is 2.83. The van der Waals surface area contributed by atoms with Crippen molar-refractivity contribution in [3.63, 3.8) is 0 Å². The van der Waals surface area contributed by atoms with Gasteiger partial charge in [0.25, 0.3) is 0 Å². The highest BCUT2D eigenvalue weighted by Crippen LogP contribution is 0.949. The molecule has 0 aromatic rings. The molecule has 0 unspecified atom stereocenters. The van der Waals surface area contributed by atoms with Gasteiger partial charge in [-0.05, 0) is 6.08 Å². The van der Waals surface area contributed by atoms with Crippen molar-refractivity contribution in [2.24, 2.45) is 0 Å². The van der Waals surface area contributed by atoms with Crippen molar-refractivity contribution in [2.75, 3.05) is 0 Å². The summed E-state index contributed by atoms with van der Waals surface area (Å²) < 4.78 is 0. The molecule has 0 heterocycles. The third kappa shape index (κ3) is 5.56. The van der Waals surface area contributed by atoms with Crippen LogP contribution in [0.4, 0.5) is 0 Å². The highest BCUT2D eigenvalue weighted by atomic mass is 16.1. The van der Waals surface area contributed by atoms with Crippen LogP contribution < -0.4 is 0 Å². The molecule has 0 aromatic heterocycles. The van der Waals surface area contributed by atoms with Gasteiger partial charge in [-0.1, -0.05) is 0 Å². The Labute approximate surface area is 34.3 Å². The summed E-state index contributed by atoms with van der Waals surface area (Å²) in [5.41, 5.74) is 0. The van der Waals surface area contributed by atoms with Crippen LogP contribution in [0, 0.1) is 10.8 Å². The quantitative estimate of drug-likeness (QED) is 0.319. The smallest absolute Gasteiger partial charge is 0.0831 e. The lowest BCUT2D eigenvalue weighted by Gasteiger charge is -1.32. The van der Waals surface area contributed by atoms with E-state index in [0.717, 1.165) is 0 Å². The molecule has 0 aromatic carbocycles. The zero-order chi connectivity index (χ0) is 5.41. The average Bonchev–Trinajstić information content (AvgIpc) is 1.39. The van der Waals surface area contributed by atoms with Gasteiger partial charge in [0.2, 0.25) is 0 Å². The Balaban J connectivity index is 0. The molecular formula is C2H2N3O-. The van der Waals surface area contributed by atoms with E-state index < -0.39 is 0 Å². The summed E-state index contributed by atoms with van der Waals surface area (Å²) in [4.78, 5) is 8.24. The zero-order valence-electron chi connectivity index (χ0n) is 2.86. The van der Waals surface area contributed by atoms with E-state index in [9.17, 15) is 0 Å². The molecule has 0 fully saturated rings. The lowest BCUT2D eigenvalue weighted by molar-refractivity contribution is 0.569. The second kappa shape index (κ2) is 49.6. The summed E-state index contributed by atoms with van der Waals surface area (Å²) in [6.45, 7) is 0. The Hall–Kier alpha value is -1.24. The van der Waals surface area contributed by atoms with Crippen molar-refractivity contribution in [1.29, 1.82) is 10.8 Å². The normalized spacial score (nSPS) is 2.67. The lowest BCUT2D eigenvalue weighted by atomic mass is 11.6. The van der Waals surface area contributed by atoms with E-state index in [0.29, 0.717) is 6.08 Å². The predicted molar refractivity (Wildman–Crippen MR) is 19.5 cm³/mol. The van der Waals surface area contributed by atoms with Gasteiger partial charge in [0.15, 0.2) is 0 Å². The van der Waals surface area contributed by atoms with E-state index in [-0.39, 0.29) is 0 Å². The van der Waals surface area contributed by atoms with Crippen LogP contribution in [0.15, 0.2) is 0 Å². The Kier molecular flexibility index (Phi) is 73.0. The van der Waals surface area contributed by atoms with Crippen molar-refractivity contribution >= 4 is 12.1 Å². The van der Waals surface area contributed by atoms with E-state index in [1.165, 1.54) is 6.01 Å². The van der Waals surface area contributed by atoms with Gasteiger partial charge < -0.3 is 5.41 Å². The fourth-order valence-electron chi connectivity index (χ4n) is 0. The highest BCUT2D eigenvalue weighted by Gasteiger charge is 0.934. The molecule has 0 spiro atoms. The second-order valence-electron chi connectivity index (χ2n) is 0.216. The van der Waals surface area contributed by atoms with Crippen LogP contribution in [0.1, 0.15) is 0 Å². The van der Waals surface area contributed by atoms with E-state index in [2.05, 4.69) is 0 Å². The Morgan fingerprint density at radius 2 is 1.50 bits per heavy atom. The minimum absolute atomic E-state index is 0.500. The van der Waals surface area contributed by atoms with Gasteiger partial charge in [-0.3, -0.25) is 4.79 Å². The molecule has 6 heavy (non-hydrogen) atoms. The molecule has 4 nitrogen and oxygen atoms in total. The van der Waals surface area contributed by atoms with Gasteiger partial charge in [0.05, 0.1) is 6.01 Å². The monoisotopic (exact) mass is 84.0 g/mol. The molecule has 2 N–H and O–H groups in total. The summed E-state index contributed by atoms with van der Waals surface area (Å²) in [6.07, 6.45) is 0.500. The van der Waals surface area contributed by atoms with Crippen LogP contribution in [0.2, 0.25) is 0 Å². The maximum absolute atomic E-state index is 8.24. The molecule has 0 aliphatic rings. The van der Waals surface area contributed by atoms with Gasteiger partial charge in [0.1, 0.15) is 0 Å². The Morgan fingerprint density at radius 3 is 1.50 bits per heavy atom. The van der Waals surface area contributed by atoms with Crippen molar-refractivity contribution in [2.45, 2.75) is 0 Å². The first-order valence-electron chi connectivity index (χ1n) is 0.928. The van der Waals surface area contributed by atoms with E-state index >= 15 is 0 Å². The summed E-state index contributed by atoms with van der Waals surface area (Å²) in [7, 11) is 0. The number of nitrogens with one attached hydrogen (secondary N) is 2. The lowest BCUT2D eigenvalue weighted by Crippen LogP contribution is -1.13. The van der Waals surface area contributed by atoms with Crippen LogP contribution in [0.3, 0.4) is 0 Å². The molecule has 0 bridgehead atoms. The van der Waals surface area contributed by atoms with Crippen LogP contribution in [-0.4, -0.2) is 12.1 Å². The number of rotatable bonds is 0. The van der Waals surface area contributed by atoms with Gasteiger partial charge in [-0.15, -0.1) is 0 Å². The summed E-state index contributed by atoms with van der Waals surface area (Å²) in [5, 5.41) is 18.0. The maximum atomic E-state index is 8.24. The number of hydrogen-bond donors (Lipinski definition) is 2. The number of isocyanates is 1. The number of nitrogens with zero attached hydrogens (tertiary/aromatic N) is 1. The van der Waals surface area contributed by atoms with Crippen LogP contribution in [-0.2, 0) is 4.79 Å². The molecule has 0 atom stereocenters. The van der Waals surface area contributed by atoms with Gasteiger partial charge in [0, 0.05) is 0 Å². The first-order valence-corrected chi connectivity index (χ1v) is 0.928. The minimum atomic E-state index is 0.500. The summed E-state index contributed by atoms with van der Waals surface area (Å²) in [6, 6.07) is 1.25. The van der Waals surface area contributed by atoms with Gasteiger partial charge >= 0.3 is 0 Å².